The number of anilines is 1. The van der Waals surface area contributed by atoms with Gasteiger partial charge in [-0.1, -0.05) is 19.8 Å². The molecule has 2 rings (SSSR count). The van der Waals surface area contributed by atoms with Crippen molar-refractivity contribution in [3.8, 4) is 0 Å². The van der Waals surface area contributed by atoms with Crippen LogP contribution in [0.2, 0.25) is 0 Å². The normalized spacial score (nSPS) is 10.9. The average molecular weight is 247 g/mol. The molecule has 0 unspecified atom stereocenters. The molecule has 0 saturated carbocycles. The Labute approximate surface area is 105 Å². The summed E-state index contributed by atoms with van der Waals surface area (Å²) in [5.74, 6) is 0. The summed E-state index contributed by atoms with van der Waals surface area (Å²) in [6, 6.07) is 4.91. The van der Waals surface area contributed by atoms with Crippen molar-refractivity contribution >= 4 is 22.3 Å². The van der Waals surface area contributed by atoms with Gasteiger partial charge in [0.15, 0.2) is 0 Å². The quantitative estimate of drug-likeness (QED) is 0.367. The number of hydrogen-bond donors (Lipinski definition) is 2. The number of nitrogens with two attached hydrogens (primary N) is 1. The van der Waals surface area contributed by atoms with Crippen molar-refractivity contribution in [2.75, 3.05) is 5.73 Å². The maximum Gasteiger partial charge on any atom is 0.272 e. The molecule has 0 saturated heterocycles. The molecule has 1 heterocycles. The molecule has 0 radical (unpaired) electrons. The highest BCUT2D eigenvalue weighted by molar-refractivity contribution is 5.92. The number of H-pyrrole nitrogens is 1. The third kappa shape index (κ3) is 2.45. The monoisotopic (exact) mass is 247 g/mol. The minimum atomic E-state index is -0.417. The molecule has 0 spiro atoms. The van der Waals surface area contributed by atoms with E-state index in [9.17, 15) is 10.1 Å². The van der Waals surface area contributed by atoms with Crippen LogP contribution in [0.4, 0.5) is 11.4 Å². The van der Waals surface area contributed by atoms with Gasteiger partial charge in [-0.3, -0.25) is 10.1 Å². The Morgan fingerprint density at radius 1 is 1.33 bits per heavy atom. The molecule has 2 aromatic rings. The molecular weight excluding hydrogens is 230 g/mol. The van der Waals surface area contributed by atoms with Gasteiger partial charge in [0, 0.05) is 23.2 Å². The summed E-state index contributed by atoms with van der Waals surface area (Å²) in [5.41, 5.74) is 8.19. The summed E-state index contributed by atoms with van der Waals surface area (Å²) >= 11 is 0. The maximum atomic E-state index is 10.8. The van der Waals surface area contributed by atoms with Crippen molar-refractivity contribution in [1.29, 1.82) is 0 Å². The number of rotatable bonds is 5. The van der Waals surface area contributed by atoms with E-state index in [0.29, 0.717) is 5.69 Å². The molecule has 0 aliphatic rings. The molecular formula is C13H17N3O2. The molecule has 0 aliphatic carbocycles. The number of aromatic amines is 1. The van der Waals surface area contributed by atoms with Gasteiger partial charge in [-0.2, -0.15) is 0 Å². The molecule has 1 aromatic carbocycles. The number of nitrogens with zero attached hydrogens (tertiary/aromatic N) is 1. The fourth-order valence-corrected chi connectivity index (χ4v) is 2.12. The highest BCUT2D eigenvalue weighted by Crippen LogP contribution is 2.27. The van der Waals surface area contributed by atoms with Crippen LogP contribution in [0, 0.1) is 10.1 Å². The molecule has 96 valence electrons. The van der Waals surface area contributed by atoms with E-state index < -0.39 is 4.92 Å². The van der Waals surface area contributed by atoms with Crippen LogP contribution in [0.25, 0.3) is 10.9 Å². The van der Waals surface area contributed by atoms with E-state index >= 15 is 0 Å². The lowest BCUT2D eigenvalue weighted by Gasteiger charge is -1.97. The largest absolute Gasteiger partial charge is 0.397 e. The Kier molecular flexibility index (Phi) is 3.50. The van der Waals surface area contributed by atoms with Crippen molar-refractivity contribution in [3.63, 3.8) is 0 Å². The van der Waals surface area contributed by atoms with Crippen LogP contribution in [0.1, 0.15) is 31.9 Å². The smallest absolute Gasteiger partial charge is 0.272 e. The minimum Gasteiger partial charge on any atom is -0.397 e. The van der Waals surface area contributed by atoms with E-state index in [1.807, 2.05) is 6.07 Å². The molecule has 0 aliphatic heterocycles. The van der Waals surface area contributed by atoms with E-state index in [2.05, 4.69) is 11.9 Å². The van der Waals surface area contributed by atoms with Gasteiger partial charge in [0.05, 0.1) is 16.1 Å². The Balaban J connectivity index is 2.32. The molecule has 18 heavy (non-hydrogen) atoms. The summed E-state index contributed by atoms with van der Waals surface area (Å²) in [5, 5.41) is 11.6. The van der Waals surface area contributed by atoms with E-state index in [4.69, 9.17) is 5.73 Å². The first kappa shape index (κ1) is 12.4. The number of nitro groups is 1. The molecule has 0 amide bonds. The minimum absolute atomic E-state index is 0.0408. The van der Waals surface area contributed by atoms with Crippen molar-refractivity contribution in [3.05, 3.63) is 34.0 Å². The maximum absolute atomic E-state index is 10.8. The summed E-state index contributed by atoms with van der Waals surface area (Å²) < 4.78 is 0. The second-order valence-electron chi connectivity index (χ2n) is 4.51. The fourth-order valence-electron chi connectivity index (χ4n) is 2.12. The van der Waals surface area contributed by atoms with Crippen LogP contribution in [0.5, 0.6) is 0 Å². The number of nitro benzene ring substituents is 1. The predicted molar refractivity (Wildman–Crippen MR) is 72.6 cm³/mol. The Bertz CT molecular complexity index is 575. The third-order valence-corrected chi connectivity index (χ3v) is 3.06. The topological polar surface area (TPSA) is 84.9 Å². The van der Waals surface area contributed by atoms with Crippen LogP contribution in [0.3, 0.4) is 0 Å². The summed E-state index contributed by atoms with van der Waals surface area (Å²) in [6.45, 7) is 2.16. The van der Waals surface area contributed by atoms with Crippen molar-refractivity contribution < 1.29 is 4.92 Å². The number of unbranched alkanes of at least 4 members (excludes halogenated alkanes) is 2. The second-order valence-corrected chi connectivity index (χ2v) is 4.51. The van der Waals surface area contributed by atoms with E-state index in [0.717, 1.165) is 29.4 Å². The van der Waals surface area contributed by atoms with Crippen LogP contribution in [-0.4, -0.2) is 9.91 Å². The molecule has 5 nitrogen and oxygen atoms in total. The molecule has 5 heteroatoms. The number of aromatic nitrogens is 1. The number of nitrogens with one attached hydrogen (secondary N) is 1. The van der Waals surface area contributed by atoms with Gasteiger partial charge in [0.2, 0.25) is 0 Å². The lowest BCUT2D eigenvalue weighted by molar-refractivity contribution is -0.384. The number of nitrogen functional groups attached to an aromatic ring is 1. The van der Waals surface area contributed by atoms with Gasteiger partial charge < -0.3 is 10.7 Å². The van der Waals surface area contributed by atoms with Gasteiger partial charge in [0.25, 0.3) is 5.69 Å². The number of benzene rings is 1. The second kappa shape index (κ2) is 5.08. The van der Waals surface area contributed by atoms with Gasteiger partial charge in [-0.15, -0.1) is 0 Å². The van der Waals surface area contributed by atoms with Crippen molar-refractivity contribution in [1.82, 2.24) is 4.98 Å². The first-order chi connectivity index (χ1) is 8.61. The lowest BCUT2D eigenvalue weighted by atomic mass is 10.1. The van der Waals surface area contributed by atoms with Crippen molar-refractivity contribution in [2.45, 2.75) is 32.6 Å². The summed E-state index contributed by atoms with van der Waals surface area (Å²) in [4.78, 5) is 13.6. The predicted octanol–water partition coefficient (Wildman–Crippen LogP) is 3.39. The Hall–Kier alpha value is -2.04. The van der Waals surface area contributed by atoms with Gasteiger partial charge in [0.1, 0.15) is 0 Å². The van der Waals surface area contributed by atoms with Crippen LogP contribution >= 0.6 is 0 Å². The zero-order valence-electron chi connectivity index (χ0n) is 10.4. The first-order valence-electron chi connectivity index (χ1n) is 6.17. The van der Waals surface area contributed by atoms with E-state index in [-0.39, 0.29) is 5.69 Å². The highest BCUT2D eigenvalue weighted by atomic mass is 16.6. The number of fused-ring (bicyclic) bond motifs is 1. The third-order valence-electron chi connectivity index (χ3n) is 3.06. The average Bonchev–Trinajstić information content (AvgIpc) is 2.72. The highest BCUT2D eigenvalue weighted by Gasteiger charge is 2.12. The summed E-state index contributed by atoms with van der Waals surface area (Å²) in [7, 11) is 0. The van der Waals surface area contributed by atoms with Gasteiger partial charge in [-0.05, 0) is 18.9 Å². The van der Waals surface area contributed by atoms with E-state index in [1.165, 1.54) is 18.9 Å². The molecule has 0 fully saturated rings. The number of hydrogen-bond acceptors (Lipinski definition) is 3. The van der Waals surface area contributed by atoms with E-state index in [1.54, 1.807) is 6.07 Å². The first-order valence-corrected chi connectivity index (χ1v) is 6.17. The fraction of sp³-hybridized carbons (Fsp3) is 0.385. The number of non-ortho nitro benzene ring substituents is 1. The molecule has 0 bridgehead atoms. The zero-order valence-corrected chi connectivity index (χ0v) is 10.4. The van der Waals surface area contributed by atoms with Crippen LogP contribution in [-0.2, 0) is 6.42 Å². The van der Waals surface area contributed by atoms with Crippen LogP contribution < -0.4 is 5.73 Å². The number of aryl methyl sites for hydroxylation is 1. The molecule has 0 atom stereocenters. The van der Waals surface area contributed by atoms with Crippen LogP contribution in [0.15, 0.2) is 18.2 Å². The van der Waals surface area contributed by atoms with Gasteiger partial charge >= 0.3 is 0 Å². The Morgan fingerprint density at radius 2 is 2.11 bits per heavy atom. The standard InChI is InChI=1S/C13H17N3O2/c1-2-3-4-5-10-6-9-7-11(16(17)18)8-12(14)13(9)15-10/h6-8,15H,2-5,14H2,1H3. The van der Waals surface area contributed by atoms with Gasteiger partial charge in [-0.25, -0.2) is 0 Å². The zero-order chi connectivity index (χ0) is 13.1. The van der Waals surface area contributed by atoms with Crippen molar-refractivity contribution in [2.24, 2.45) is 0 Å². The Morgan fingerprint density at radius 3 is 2.78 bits per heavy atom. The lowest BCUT2D eigenvalue weighted by Crippen LogP contribution is -1.92. The summed E-state index contributed by atoms with van der Waals surface area (Å²) in [6.07, 6.45) is 4.43. The molecule has 1 aromatic heterocycles. The SMILES string of the molecule is CCCCCc1cc2cc([N+](=O)[O-])cc(N)c2[nH]1. The molecule has 3 N–H and O–H groups in total.